The van der Waals surface area contributed by atoms with E-state index in [-0.39, 0.29) is 19.5 Å². The number of carbonyl (C=O) groups excluding carboxylic acids is 4. The second-order valence-corrected chi connectivity index (χ2v) is 4.78. The van der Waals surface area contributed by atoms with Gasteiger partial charge in [-0.1, -0.05) is 12.1 Å². The standard InChI is InChI=1S/C15H21N5O4/c1-2-17-15(24)20-13(22)9-19-11-6-4-3-5-10(11)14(23)18-8-7-12(16)21/h3-6,19H,2,7-9H2,1H3,(H2,16,21)(H,18,23)(H2,17,20,22,24). The maximum Gasteiger partial charge on any atom is 0.321 e. The highest BCUT2D eigenvalue weighted by molar-refractivity contribution is 6.01. The molecule has 9 heteroatoms. The quantitative estimate of drug-likeness (QED) is 0.437. The van der Waals surface area contributed by atoms with Gasteiger partial charge in [-0.2, -0.15) is 0 Å². The Morgan fingerprint density at radius 2 is 1.79 bits per heavy atom. The van der Waals surface area contributed by atoms with E-state index >= 15 is 0 Å². The van der Waals surface area contributed by atoms with Crippen molar-refractivity contribution >= 4 is 29.4 Å². The average molecular weight is 335 g/mol. The van der Waals surface area contributed by atoms with Gasteiger partial charge in [0.25, 0.3) is 5.91 Å². The van der Waals surface area contributed by atoms with Crippen LogP contribution in [0.2, 0.25) is 0 Å². The normalized spacial score (nSPS) is 9.71. The van der Waals surface area contributed by atoms with E-state index in [1.54, 1.807) is 31.2 Å². The second-order valence-electron chi connectivity index (χ2n) is 4.78. The highest BCUT2D eigenvalue weighted by Crippen LogP contribution is 2.14. The fourth-order valence-electron chi connectivity index (χ4n) is 1.78. The number of anilines is 1. The van der Waals surface area contributed by atoms with Crippen LogP contribution in [-0.2, 0) is 9.59 Å². The fraction of sp³-hybridized carbons (Fsp3) is 0.333. The van der Waals surface area contributed by atoms with Crippen molar-refractivity contribution in [3.05, 3.63) is 29.8 Å². The third-order valence-electron chi connectivity index (χ3n) is 2.86. The molecule has 0 heterocycles. The zero-order chi connectivity index (χ0) is 17.9. The lowest BCUT2D eigenvalue weighted by Crippen LogP contribution is -2.42. The molecule has 0 spiro atoms. The van der Waals surface area contributed by atoms with Crippen molar-refractivity contribution in [3.63, 3.8) is 0 Å². The van der Waals surface area contributed by atoms with Gasteiger partial charge in [-0.05, 0) is 19.1 Å². The summed E-state index contributed by atoms with van der Waals surface area (Å²) in [6.07, 6.45) is 0.0380. The summed E-state index contributed by atoms with van der Waals surface area (Å²) in [6.45, 7) is 2.08. The molecule has 0 saturated heterocycles. The number of benzene rings is 1. The zero-order valence-electron chi connectivity index (χ0n) is 13.3. The number of carbonyl (C=O) groups is 4. The van der Waals surface area contributed by atoms with Gasteiger partial charge < -0.3 is 21.7 Å². The van der Waals surface area contributed by atoms with Gasteiger partial charge in [0.2, 0.25) is 11.8 Å². The van der Waals surface area contributed by atoms with Crippen LogP contribution >= 0.6 is 0 Å². The molecule has 0 unspecified atom stereocenters. The van der Waals surface area contributed by atoms with Crippen LogP contribution < -0.4 is 27.0 Å². The summed E-state index contributed by atoms with van der Waals surface area (Å²) in [7, 11) is 0. The lowest BCUT2D eigenvalue weighted by molar-refractivity contribution is -0.119. The van der Waals surface area contributed by atoms with Crippen molar-refractivity contribution in [2.75, 3.05) is 25.0 Å². The number of urea groups is 1. The first-order valence-electron chi connectivity index (χ1n) is 7.41. The molecule has 1 rings (SSSR count). The predicted molar refractivity (Wildman–Crippen MR) is 88.3 cm³/mol. The molecule has 9 nitrogen and oxygen atoms in total. The van der Waals surface area contributed by atoms with Gasteiger partial charge in [-0.25, -0.2) is 4.79 Å². The van der Waals surface area contributed by atoms with Gasteiger partial charge in [0.15, 0.2) is 0 Å². The number of rotatable bonds is 8. The maximum atomic E-state index is 12.1. The second kappa shape index (κ2) is 9.82. The van der Waals surface area contributed by atoms with Crippen LogP contribution in [-0.4, -0.2) is 43.4 Å². The number of hydrogen-bond acceptors (Lipinski definition) is 5. The summed E-state index contributed by atoms with van der Waals surface area (Å²) in [5.41, 5.74) is 5.75. The van der Waals surface area contributed by atoms with Crippen LogP contribution in [0.4, 0.5) is 10.5 Å². The molecule has 0 atom stereocenters. The van der Waals surface area contributed by atoms with Gasteiger partial charge in [-0.3, -0.25) is 19.7 Å². The largest absolute Gasteiger partial charge is 0.375 e. The van der Waals surface area contributed by atoms with Crippen LogP contribution in [0.5, 0.6) is 0 Å². The highest BCUT2D eigenvalue weighted by Gasteiger charge is 2.12. The number of nitrogens with one attached hydrogen (secondary N) is 4. The van der Waals surface area contributed by atoms with E-state index in [0.29, 0.717) is 17.8 Å². The molecule has 0 aromatic heterocycles. The Kier molecular flexibility index (Phi) is 7.76. The monoisotopic (exact) mass is 335 g/mol. The number of hydrogen-bond donors (Lipinski definition) is 5. The summed E-state index contributed by atoms with van der Waals surface area (Å²) in [5.74, 6) is -1.45. The number of primary amides is 1. The van der Waals surface area contributed by atoms with Crippen LogP contribution in [0.15, 0.2) is 24.3 Å². The Labute approximate surface area is 139 Å². The molecule has 0 bridgehead atoms. The highest BCUT2D eigenvalue weighted by atomic mass is 16.2. The minimum atomic E-state index is -0.582. The number of para-hydroxylation sites is 1. The van der Waals surface area contributed by atoms with Crippen molar-refractivity contribution in [2.45, 2.75) is 13.3 Å². The number of imide groups is 1. The van der Waals surface area contributed by atoms with Gasteiger partial charge in [0.1, 0.15) is 0 Å². The molecule has 0 radical (unpaired) electrons. The van der Waals surface area contributed by atoms with Crippen LogP contribution in [0, 0.1) is 0 Å². The minimum absolute atomic E-state index is 0.0380. The van der Waals surface area contributed by atoms with Crippen molar-refractivity contribution in [3.8, 4) is 0 Å². The number of nitrogens with two attached hydrogens (primary N) is 1. The summed E-state index contributed by atoms with van der Waals surface area (Å²) >= 11 is 0. The Hall–Kier alpha value is -3.10. The van der Waals surface area contributed by atoms with Crippen LogP contribution in [0.3, 0.4) is 0 Å². The molecule has 0 fully saturated rings. The first-order chi connectivity index (χ1) is 11.4. The van der Waals surface area contributed by atoms with E-state index in [1.807, 2.05) is 0 Å². The first kappa shape index (κ1) is 18.9. The van der Waals surface area contributed by atoms with E-state index in [4.69, 9.17) is 5.73 Å². The third-order valence-corrected chi connectivity index (χ3v) is 2.86. The fourth-order valence-corrected chi connectivity index (χ4v) is 1.78. The molecular formula is C15H21N5O4. The molecule has 0 aliphatic carbocycles. The lowest BCUT2D eigenvalue weighted by Gasteiger charge is -2.12. The van der Waals surface area contributed by atoms with E-state index < -0.39 is 23.8 Å². The molecule has 6 N–H and O–H groups in total. The van der Waals surface area contributed by atoms with E-state index in [1.165, 1.54) is 0 Å². The molecule has 5 amide bonds. The molecule has 0 aliphatic heterocycles. The van der Waals surface area contributed by atoms with Gasteiger partial charge >= 0.3 is 6.03 Å². The molecule has 24 heavy (non-hydrogen) atoms. The summed E-state index contributed by atoms with van der Waals surface area (Å²) in [6, 6.07) is 5.99. The Bertz CT molecular complexity index is 618. The van der Waals surface area contributed by atoms with Gasteiger partial charge in [0, 0.05) is 25.2 Å². The molecule has 1 aromatic carbocycles. The first-order valence-corrected chi connectivity index (χ1v) is 7.41. The Balaban J connectivity index is 2.59. The average Bonchev–Trinajstić information content (AvgIpc) is 2.53. The molecule has 130 valence electrons. The molecule has 0 saturated carbocycles. The van der Waals surface area contributed by atoms with E-state index in [0.717, 1.165) is 0 Å². The smallest absolute Gasteiger partial charge is 0.321 e. The Morgan fingerprint density at radius 1 is 1.08 bits per heavy atom. The lowest BCUT2D eigenvalue weighted by atomic mass is 10.1. The van der Waals surface area contributed by atoms with Gasteiger partial charge in [0.05, 0.1) is 12.1 Å². The topological polar surface area (TPSA) is 142 Å². The van der Waals surface area contributed by atoms with Crippen molar-refractivity contribution in [1.29, 1.82) is 0 Å². The van der Waals surface area contributed by atoms with Crippen molar-refractivity contribution in [1.82, 2.24) is 16.0 Å². The Morgan fingerprint density at radius 3 is 2.46 bits per heavy atom. The molecule has 1 aromatic rings. The van der Waals surface area contributed by atoms with Crippen molar-refractivity contribution in [2.24, 2.45) is 5.73 Å². The van der Waals surface area contributed by atoms with Crippen LogP contribution in [0.1, 0.15) is 23.7 Å². The third kappa shape index (κ3) is 6.77. The van der Waals surface area contributed by atoms with Gasteiger partial charge in [-0.15, -0.1) is 0 Å². The maximum absolute atomic E-state index is 12.1. The molecular weight excluding hydrogens is 314 g/mol. The van der Waals surface area contributed by atoms with E-state index in [9.17, 15) is 19.2 Å². The van der Waals surface area contributed by atoms with Crippen LogP contribution in [0.25, 0.3) is 0 Å². The summed E-state index contributed by atoms with van der Waals surface area (Å²) in [5, 5.41) is 9.94. The summed E-state index contributed by atoms with van der Waals surface area (Å²) in [4.78, 5) is 45.6. The number of amides is 5. The SMILES string of the molecule is CCNC(=O)NC(=O)CNc1ccccc1C(=O)NCCC(N)=O. The molecule has 0 aliphatic rings. The minimum Gasteiger partial charge on any atom is -0.375 e. The van der Waals surface area contributed by atoms with Crippen molar-refractivity contribution < 1.29 is 19.2 Å². The summed E-state index contributed by atoms with van der Waals surface area (Å²) < 4.78 is 0. The predicted octanol–water partition coefficient (Wildman–Crippen LogP) is -0.451. The zero-order valence-corrected chi connectivity index (χ0v) is 13.3. The van der Waals surface area contributed by atoms with E-state index in [2.05, 4.69) is 21.3 Å².